The Hall–Kier alpha value is -0.770. The molecule has 0 radical (unpaired) electrons. The zero-order valence-electron chi connectivity index (χ0n) is 12.2. The largest absolute Gasteiger partial charge is 0.444 e. The lowest BCUT2D eigenvalue weighted by Crippen LogP contribution is -2.36. The van der Waals surface area contributed by atoms with Gasteiger partial charge in [-0.15, -0.1) is 0 Å². The van der Waals surface area contributed by atoms with E-state index in [2.05, 4.69) is 31.1 Å². The zero-order valence-corrected chi connectivity index (χ0v) is 12.2. The first kappa shape index (κ1) is 16.2. The Kier molecular flexibility index (Phi) is 7.19. The number of hydrogen-bond acceptors (Lipinski definition) is 3. The molecule has 102 valence electrons. The number of carbonyl (C=O) groups is 1. The van der Waals surface area contributed by atoms with Gasteiger partial charge < -0.3 is 15.0 Å². The number of alkyl carbamates (subject to hydrolysis) is 1. The van der Waals surface area contributed by atoms with Gasteiger partial charge in [0.15, 0.2) is 0 Å². The molecule has 4 nitrogen and oxygen atoms in total. The highest BCUT2D eigenvalue weighted by atomic mass is 16.6. The van der Waals surface area contributed by atoms with Crippen LogP contribution in [0.1, 0.15) is 47.5 Å². The SMILES string of the molecule is CCCN(C)C(C)CCNC(=O)OC(C)(C)C. The van der Waals surface area contributed by atoms with Crippen molar-refractivity contribution in [3.05, 3.63) is 0 Å². The van der Waals surface area contributed by atoms with Gasteiger partial charge in [0, 0.05) is 12.6 Å². The van der Waals surface area contributed by atoms with Crippen molar-refractivity contribution in [2.45, 2.75) is 59.1 Å². The molecule has 0 saturated carbocycles. The third-order valence-corrected chi connectivity index (χ3v) is 2.56. The van der Waals surface area contributed by atoms with E-state index in [0.717, 1.165) is 19.4 Å². The van der Waals surface area contributed by atoms with Crippen molar-refractivity contribution in [1.29, 1.82) is 0 Å². The summed E-state index contributed by atoms with van der Waals surface area (Å²) in [7, 11) is 2.11. The van der Waals surface area contributed by atoms with Crippen LogP contribution in [-0.4, -0.2) is 42.8 Å². The minimum atomic E-state index is -0.422. The van der Waals surface area contributed by atoms with E-state index >= 15 is 0 Å². The summed E-state index contributed by atoms with van der Waals surface area (Å²) >= 11 is 0. The third-order valence-electron chi connectivity index (χ3n) is 2.56. The quantitative estimate of drug-likeness (QED) is 0.781. The van der Waals surface area contributed by atoms with E-state index in [1.165, 1.54) is 0 Å². The topological polar surface area (TPSA) is 41.6 Å². The van der Waals surface area contributed by atoms with E-state index in [-0.39, 0.29) is 6.09 Å². The van der Waals surface area contributed by atoms with Crippen LogP contribution in [0.3, 0.4) is 0 Å². The summed E-state index contributed by atoms with van der Waals surface area (Å²) in [6.07, 6.45) is 1.76. The van der Waals surface area contributed by atoms with Gasteiger partial charge >= 0.3 is 6.09 Å². The van der Waals surface area contributed by atoms with Gasteiger partial charge in [-0.25, -0.2) is 4.79 Å². The van der Waals surface area contributed by atoms with Gasteiger partial charge in [-0.3, -0.25) is 0 Å². The smallest absolute Gasteiger partial charge is 0.407 e. The minimum Gasteiger partial charge on any atom is -0.444 e. The molecule has 1 N–H and O–H groups in total. The molecule has 0 spiro atoms. The number of rotatable bonds is 6. The molecule has 4 heteroatoms. The van der Waals surface area contributed by atoms with Gasteiger partial charge in [-0.2, -0.15) is 0 Å². The van der Waals surface area contributed by atoms with Gasteiger partial charge in [0.2, 0.25) is 0 Å². The van der Waals surface area contributed by atoms with Crippen LogP contribution in [0.2, 0.25) is 0 Å². The normalized spacial score (nSPS) is 13.6. The van der Waals surface area contributed by atoms with Crippen molar-refractivity contribution in [2.24, 2.45) is 0 Å². The highest BCUT2D eigenvalue weighted by molar-refractivity contribution is 5.67. The summed E-state index contributed by atoms with van der Waals surface area (Å²) in [4.78, 5) is 13.7. The lowest BCUT2D eigenvalue weighted by molar-refractivity contribution is 0.0523. The predicted molar refractivity (Wildman–Crippen MR) is 71.2 cm³/mol. The van der Waals surface area contributed by atoms with E-state index in [1.807, 2.05) is 20.8 Å². The van der Waals surface area contributed by atoms with E-state index in [0.29, 0.717) is 12.6 Å². The highest BCUT2D eigenvalue weighted by Crippen LogP contribution is 2.06. The maximum absolute atomic E-state index is 11.4. The van der Waals surface area contributed by atoms with Crippen LogP contribution < -0.4 is 5.32 Å². The van der Waals surface area contributed by atoms with Crippen LogP contribution >= 0.6 is 0 Å². The van der Waals surface area contributed by atoms with Crippen LogP contribution in [0.25, 0.3) is 0 Å². The molecule has 0 aliphatic carbocycles. The third kappa shape index (κ3) is 8.98. The zero-order chi connectivity index (χ0) is 13.5. The van der Waals surface area contributed by atoms with E-state index < -0.39 is 5.60 Å². The summed E-state index contributed by atoms with van der Waals surface area (Å²) in [5, 5.41) is 2.78. The Balaban J connectivity index is 3.73. The molecule has 0 aliphatic heterocycles. The summed E-state index contributed by atoms with van der Waals surface area (Å²) < 4.78 is 5.16. The highest BCUT2D eigenvalue weighted by Gasteiger charge is 2.16. The van der Waals surface area contributed by atoms with Crippen molar-refractivity contribution in [2.75, 3.05) is 20.1 Å². The molecular weight excluding hydrogens is 216 g/mol. The van der Waals surface area contributed by atoms with Crippen LogP contribution in [-0.2, 0) is 4.74 Å². The predicted octanol–water partition coefficient (Wildman–Crippen LogP) is 2.63. The van der Waals surface area contributed by atoms with Gasteiger partial charge in [-0.1, -0.05) is 6.92 Å². The summed E-state index contributed by atoms with van der Waals surface area (Å²) in [6.45, 7) is 11.7. The Bertz CT molecular complexity index is 224. The molecule has 0 heterocycles. The second-order valence-electron chi connectivity index (χ2n) is 5.55. The minimum absolute atomic E-state index is 0.331. The molecule has 0 saturated heterocycles. The number of ether oxygens (including phenoxy) is 1. The number of carbonyl (C=O) groups excluding carboxylic acids is 1. The first-order valence-electron chi connectivity index (χ1n) is 6.43. The second-order valence-corrected chi connectivity index (χ2v) is 5.55. The lowest BCUT2D eigenvalue weighted by atomic mass is 10.2. The molecule has 1 unspecified atom stereocenters. The molecule has 17 heavy (non-hydrogen) atoms. The Labute approximate surface area is 106 Å². The van der Waals surface area contributed by atoms with E-state index in [4.69, 9.17) is 4.74 Å². The average Bonchev–Trinajstić information content (AvgIpc) is 2.14. The lowest BCUT2D eigenvalue weighted by Gasteiger charge is -2.24. The first-order chi connectivity index (χ1) is 7.76. The van der Waals surface area contributed by atoms with Crippen molar-refractivity contribution in [3.8, 4) is 0 Å². The average molecular weight is 244 g/mol. The molecule has 0 aromatic carbocycles. The van der Waals surface area contributed by atoms with Gasteiger partial charge in [0.25, 0.3) is 0 Å². The summed E-state index contributed by atoms with van der Waals surface area (Å²) in [6, 6.07) is 0.477. The van der Waals surface area contributed by atoms with Crippen molar-refractivity contribution in [3.63, 3.8) is 0 Å². The van der Waals surface area contributed by atoms with Gasteiger partial charge in [0.05, 0.1) is 0 Å². The summed E-state index contributed by atoms with van der Waals surface area (Å²) in [5.74, 6) is 0. The first-order valence-corrected chi connectivity index (χ1v) is 6.43. The molecule has 0 bridgehead atoms. The van der Waals surface area contributed by atoms with Gasteiger partial charge in [0.1, 0.15) is 5.60 Å². The maximum Gasteiger partial charge on any atom is 0.407 e. The van der Waals surface area contributed by atoms with Crippen molar-refractivity contribution in [1.82, 2.24) is 10.2 Å². The molecule has 0 aromatic rings. The Morgan fingerprint density at radius 3 is 2.47 bits per heavy atom. The molecule has 0 aromatic heterocycles. The van der Waals surface area contributed by atoms with Crippen molar-refractivity contribution < 1.29 is 9.53 Å². The van der Waals surface area contributed by atoms with E-state index in [9.17, 15) is 4.79 Å². The summed E-state index contributed by atoms with van der Waals surface area (Å²) in [5.41, 5.74) is -0.422. The Morgan fingerprint density at radius 2 is 2.00 bits per heavy atom. The number of nitrogens with zero attached hydrogens (tertiary/aromatic N) is 1. The number of amides is 1. The molecule has 1 atom stereocenters. The van der Waals surface area contributed by atoms with Crippen molar-refractivity contribution >= 4 is 6.09 Å². The van der Waals surface area contributed by atoms with E-state index in [1.54, 1.807) is 0 Å². The molecule has 0 aliphatic rings. The fourth-order valence-corrected chi connectivity index (χ4v) is 1.49. The number of nitrogens with one attached hydrogen (secondary N) is 1. The van der Waals surface area contributed by atoms with Crippen LogP contribution in [0.4, 0.5) is 4.79 Å². The monoisotopic (exact) mass is 244 g/mol. The van der Waals surface area contributed by atoms with Gasteiger partial charge in [-0.05, 0) is 54.1 Å². The molecule has 0 fully saturated rings. The maximum atomic E-state index is 11.4. The van der Waals surface area contributed by atoms with Crippen LogP contribution in [0.5, 0.6) is 0 Å². The molecular formula is C13H28N2O2. The molecule has 0 rings (SSSR count). The molecule has 1 amide bonds. The fourth-order valence-electron chi connectivity index (χ4n) is 1.49. The standard InChI is InChI=1S/C13H28N2O2/c1-7-10-15(6)11(2)8-9-14-12(16)17-13(3,4)5/h11H,7-10H2,1-6H3,(H,14,16). The number of hydrogen-bond donors (Lipinski definition) is 1. The van der Waals surface area contributed by atoms with Crippen LogP contribution in [0.15, 0.2) is 0 Å². The van der Waals surface area contributed by atoms with Crippen LogP contribution in [0, 0.1) is 0 Å². The fraction of sp³-hybridized carbons (Fsp3) is 0.923. The second kappa shape index (κ2) is 7.54. The Morgan fingerprint density at radius 1 is 1.41 bits per heavy atom.